The van der Waals surface area contributed by atoms with E-state index in [4.69, 9.17) is 0 Å². The Labute approximate surface area is 120 Å². The Balaban J connectivity index is 2.35. The molecule has 0 bridgehead atoms. The number of nitrogens with one attached hydrogen (secondary N) is 1. The lowest BCUT2D eigenvalue weighted by molar-refractivity contribution is 0.270. The van der Waals surface area contributed by atoms with Gasteiger partial charge in [-0.1, -0.05) is 6.92 Å². The highest BCUT2D eigenvalue weighted by Gasteiger charge is 2.31. The highest BCUT2D eigenvalue weighted by molar-refractivity contribution is 7.89. The van der Waals surface area contributed by atoms with E-state index in [-0.39, 0.29) is 10.9 Å². The van der Waals surface area contributed by atoms with Crippen LogP contribution in [-0.2, 0) is 10.0 Å². The number of hydrogen-bond donors (Lipinski definition) is 1. The molecule has 6 heteroatoms. The van der Waals surface area contributed by atoms with Crippen molar-refractivity contribution >= 4 is 10.0 Å². The Kier molecular flexibility index (Phi) is 4.78. The fourth-order valence-electron chi connectivity index (χ4n) is 2.75. The molecule has 0 saturated carbocycles. The Morgan fingerprint density at radius 2 is 2.00 bits per heavy atom. The summed E-state index contributed by atoms with van der Waals surface area (Å²) < 4.78 is 40.3. The lowest BCUT2D eigenvalue weighted by atomic mass is 10.1. The van der Waals surface area contributed by atoms with Crippen LogP contribution in [0.15, 0.2) is 23.1 Å². The summed E-state index contributed by atoms with van der Waals surface area (Å²) in [6.07, 6.45) is 1.63. The molecule has 1 heterocycles. The second-order valence-electron chi connectivity index (χ2n) is 5.10. The van der Waals surface area contributed by atoms with Crippen LogP contribution in [0.3, 0.4) is 0 Å². The zero-order valence-corrected chi connectivity index (χ0v) is 12.7. The molecule has 1 aliphatic rings. The zero-order chi connectivity index (χ0) is 14.8. The van der Waals surface area contributed by atoms with Crippen LogP contribution in [0.4, 0.5) is 4.39 Å². The number of hydrogen-bond acceptors (Lipinski definition) is 3. The van der Waals surface area contributed by atoms with Crippen molar-refractivity contribution in [2.45, 2.75) is 37.6 Å². The molecular weight excluding hydrogens is 279 g/mol. The first kappa shape index (κ1) is 15.4. The van der Waals surface area contributed by atoms with E-state index in [9.17, 15) is 12.8 Å². The van der Waals surface area contributed by atoms with Crippen LogP contribution in [0, 0.1) is 12.7 Å². The largest absolute Gasteiger partial charge is 0.317 e. The fraction of sp³-hybridized carbons (Fsp3) is 0.571. The standard InChI is InChI=1S/C14H21FN2O2S/c1-3-17(13-6-8-16-9-7-13)20(18,19)14-5-4-12(15)10-11(14)2/h4-5,10,13,16H,3,6-9H2,1-2H3. The topological polar surface area (TPSA) is 49.4 Å². The van der Waals surface area contributed by atoms with Crippen LogP contribution >= 0.6 is 0 Å². The van der Waals surface area contributed by atoms with Crippen LogP contribution in [0.2, 0.25) is 0 Å². The minimum absolute atomic E-state index is 0.0238. The third-order valence-corrected chi connectivity index (χ3v) is 5.94. The smallest absolute Gasteiger partial charge is 0.243 e. The van der Waals surface area contributed by atoms with Gasteiger partial charge in [-0.05, 0) is 56.6 Å². The lowest BCUT2D eigenvalue weighted by Gasteiger charge is -2.33. The van der Waals surface area contributed by atoms with Gasteiger partial charge in [0.05, 0.1) is 4.90 Å². The van der Waals surface area contributed by atoms with E-state index in [1.807, 2.05) is 6.92 Å². The number of sulfonamides is 1. The molecule has 1 aromatic rings. The number of nitrogens with zero attached hydrogens (tertiary/aromatic N) is 1. The monoisotopic (exact) mass is 300 g/mol. The van der Waals surface area contributed by atoms with E-state index in [1.54, 1.807) is 11.2 Å². The highest BCUT2D eigenvalue weighted by Crippen LogP contribution is 2.25. The van der Waals surface area contributed by atoms with Crippen molar-refractivity contribution in [2.75, 3.05) is 19.6 Å². The van der Waals surface area contributed by atoms with Gasteiger partial charge in [0.2, 0.25) is 10.0 Å². The Bertz CT molecular complexity index is 569. The molecule has 0 atom stereocenters. The molecule has 0 radical (unpaired) electrons. The maximum Gasteiger partial charge on any atom is 0.243 e. The van der Waals surface area contributed by atoms with Gasteiger partial charge in [0, 0.05) is 12.6 Å². The Hall–Kier alpha value is -0.980. The molecule has 0 aromatic heterocycles. The molecule has 0 amide bonds. The van der Waals surface area contributed by atoms with Crippen molar-refractivity contribution in [3.8, 4) is 0 Å². The second-order valence-corrected chi connectivity index (χ2v) is 6.96. The average molecular weight is 300 g/mol. The minimum atomic E-state index is -3.56. The minimum Gasteiger partial charge on any atom is -0.317 e. The first-order chi connectivity index (χ1) is 9.46. The number of rotatable bonds is 4. The summed E-state index contributed by atoms with van der Waals surface area (Å²) >= 11 is 0. The number of benzene rings is 1. The summed E-state index contributed by atoms with van der Waals surface area (Å²) in [5.74, 6) is -0.411. The van der Waals surface area contributed by atoms with E-state index in [0.29, 0.717) is 12.1 Å². The van der Waals surface area contributed by atoms with Crippen molar-refractivity contribution in [2.24, 2.45) is 0 Å². The number of piperidine rings is 1. The van der Waals surface area contributed by atoms with Gasteiger partial charge in [-0.15, -0.1) is 0 Å². The fourth-order valence-corrected chi connectivity index (χ4v) is 4.65. The molecule has 1 aliphatic heterocycles. The van der Waals surface area contributed by atoms with E-state index in [2.05, 4.69) is 5.32 Å². The van der Waals surface area contributed by atoms with Gasteiger partial charge >= 0.3 is 0 Å². The molecule has 1 N–H and O–H groups in total. The van der Waals surface area contributed by atoms with Gasteiger partial charge in [0.1, 0.15) is 5.82 Å². The van der Waals surface area contributed by atoms with Crippen LogP contribution in [-0.4, -0.2) is 38.4 Å². The molecule has 112 valence electrons. The molecule has 4 nitrogen and oxygen atoms in total. The third kappa shape index (κ3) is 3.02. The van der Waals surface area contributed by atoms with E-state index < -0.39 is 15.8 Å². The van der Waals surface area contributed by atoms with Gasteiger partial charge in [-0.2, -0.15) is 4.31 Å². The summed E-state index contributed by atoms with van der Waals surface area (Å²) in [6.45, 7) is 5.58. The summed E-state index contributed by atoms with van der Waals surface area (Å²) in [6, 6.07) is 3.86. The Morgan fingerprint density at radius 3 is 2.55 bits per heavy atom. The molecule has 1 aromatic carbocycles. The summed E-state index contributed by atoms with van der Waals surface area (Å²) in [5, 5.41) is 3.23. The van der Waals surface area contributed by atoms with Gasteiger partial charge in [0.25, 0.3) is 0 Å². The summed E-state index contributed by atoms with van der Waals surface area (Å²) in [4.78, 5) is 0.208. The van der Waals surface area contributed by atoms with Crippen LogP contribution < -0.4 is 5.32 Å². The van der Waals surface area contributed by atoms with E-state index in [0.717, 1.165) is 25.9 Å². The van der Waals surface area contributed by atoms with Gasteiger partial charge in [0.15, 0.2) is 0 Å². The van der Waals surface area contributed by atoms with Crippen LogP contribution in [0.1, 0.15) is 25.3 Å². The maximum atomic E-state index is 13.2. The van der Waals surface area contributed by atoms with Crippen molar-refractivity contribution in [1.82, 2.24) is 9.62 Å². The van der Waals surface area contributed by atoms with Gasteiger partial charge < -0.3 is 5.32 Å². The first-order valence-electron chi connectivity index (χ1n) is 6.95. The molecule has 1 saturated heterocycles. The van der Waals surface area contributed by atoms with Crippen molar-refractivity contribution in [1.29, 1.82) is 0 Å². The predicted molar refractivity (Wildman–Crippen MR) is 76.6 cm³/mol. The highest BCUT2D eigenvalue weighted by atomic mass is 32.2. The zero-order valence-electron chi connectivity index (χ0n) is 11.9. The molecule has 2 rings (SSSR count). The maximum absolute atomic E-state index is 13.2. The van der Waals surface area contributed by atoms with Crippen LogP contribution in [0.5, 0.6) is 0 Å². The first-order valence-corrected chi connectivity index (χ1v) is 8.39. The second kappa shape index (κ2) is 6.20. The lowest BCUT2D eigenvalue weighted by Crippen LogP contribution is -2.46. The molecular formula is C14H21FN2O2S. The molecule has 0 spiro atoms. The normalized spacial score (nSPS) is 17.6. The molecule has 1 fully saturated rings. The predicted octanol–water partition coefficient (Wildman–Crippen LogP) is 1.90. The van der Waals surface area contributed by atoms with Crippen LogP contribution in [0.25, 0.3) is 0 Å². The van der Waals surface area contributed by atoms with Crippen molar-refractivity contribution in [3.05, 3.63) is 29.6 Å². The third-order valence-electron chi connectivity index (χ3n) is 3.75. The molecule has 0 unspecified atom stereocenters. The SMILES string of the molecule is CCN(C1CCNCC1)S(=O)(=O)c1ccc(F)cc1C. The summed E-state index contributed by atoms with van der Waals surface area (Å²) in [5.41, 5.74) is 0.456. The van der Waals surface area contributed by atoms with Crippen molar-refractivity contribution < 1.29 is 12.8 Å². The quantitative estimate of drug-likeness (QED) is 0.924. The average Bonchev–Trinajstić information content (AvgIpc) is 2.40. The molecule has 20 heavy (non-hydrogen) atoms. The van der Waals surface area contributed by atoms with E-state index in [1.165, 1.54) is 18.2 Å². The van der Waals surface area contributed by atoms with E-state index >= 15 is 0 Å². The summed E-state index contributed by atoms with van der Waals surface area (Å²) in [7, 11) is -3.56. The van der Waals surface area contributed by atoms with Crippen molar-refractivity contribution in [3.63, 3.8) is 0 Å². The Morgan fingerprint density at radius 1 is 1.35 bits per heavy atom. The van der Waals surface area contributed by atoms with Gasteiger partial charge in [-0.3, -0.25) is 0 Å². The number of aryl methyl sites for hydroxylation is 1. The molecule has 0 aliphatic carbocycles. The number of halogens is 1. The van der Waals surface area contributed by atoms with Gasteiger partial charge in [-0.25, -0.2) is 12.8 Å².